The van der Waals surface area contributed by atoms with Crippen molar-refractivity contribution in [3.63, 3.8) is 0 Å². The van der Waals surface area contributed by atoms with E-state index < -0.39 is 0 Å². The molecule has 0 saturated carbocycles. The molecule has 0 unspecified atom stereocenters. The summed E-state index contributed by atoms with van der Waals surface area (Å²) in [6.45, 7) is 0. The van der Waals surface area contributed by atoms with Gasteiger partial charge in [0.2, 0.25) is 0 Å². The molecule has 0 saturated heterocycles. The molecule has 0 atom stereocenters. The fourth-order valence-electron chi connectivity index (χ4n) is 0.605. The first kappa shape index (κ1) is 10.6. The van der Waals surface area contributed by atoms with Crippen LogP contribution < -0.4 is 5.73 Å². The molecule has 1 rings (SSSR count). The molecule has 0 aliphatic carbocycles. The molecule has 0 amide bonds. The fourth-order valence-corrected chi connectivity index (χ4v) is 1.74. The molecule has 0 aliphatic rings. The van der Waals surface area contributed by atoms with Gasteiger partial charge in [-0.1, -0.05) is 58.0 Å². The third-order valence-corrected chi connectivity index (χ3v) is 3.49. The predicted octanol–water partition coefficient (Wildman–Crippen LogP) is 4.87. The Morgan fingerprint density at radius 3 is 1.17 bits per heavy atom. The van der Waals surface area contributed by atoms with Gasteiger partial charge in [-0.15, -0.1) is 0 Å². The standard InChI is InChI=1S/C6HCl5N/c7-1-2(8)4(10)6(12)5(11)3(1)9/h12H. The maximum Gasteiger partial charge on any atom is 0.0944 e. The molecular weight excluding hydrogens is 263 g/mol. The molecule has 0 bridgehead atoms. The van der Waals surface area contributed by atoms with E-state index in [9.17, 15) is 0 Å². The Morgan fingerprint density at radius 1 is 0.583 bits per heavy atom. The van der Waals surface area contributed by atoms with Gasteiger partial charge in [0, 0.05) is 0 Å². The average Bonchev–Trinajstić information content (AvgIpc) is 2.08. The van der Waals surface area contributed by atoms with E-state index in [2.05, 4.69) is 0 Å². The maximum atomic E-state index is 7.33. The first-order valence-corrected chi connectivity index (χ1v) is 4.58. The van der Waals surface area contributed by atoms with Gasteiger partial charge in [0.1, 0.15) is 0 Å². The minimum atomic E-state index is -0.113. The molecule has 1 radical (unpaired) electrons. The minimum Gasteiger partial charge on any atom is -0.298 e. The van der Waals surface area contributed by atoms with E-state index in [0.29, 0.717) is 0 Å². The molecule has 1 nitrogen and oxygen atoms in total. The van der Waals surface area contributed by atoms with Gasteiger partial charge in [-0.05, 0) is 0 Å². The monoisotopic (exact) mass is 262 g/mol. The summed E-state index contributed by atoms with van der Waals surface area (Å²) in [6, 6.07) is 0. The average molecular weight is 264 g/mol. The van der Waals surface area contributed by atoms with Crippen LogP contribution in [0.4, 0.5) is 5.69 Å². The highest BCUT2D eigenvalue weighted by Gasteiger charge is 2.17. The quantitative estimate of drug-likeness (QED) is 0.471. The molecule has 0 spiro atoms. The van der Waals surface area contributed by atoms with Gasteiger partial charge in [-0.3, -0.25) is 5.73 Å². The van der Waals surface area contributed by atoms with Gasteiger partial charge in [0.25, 0.3) is 0 Å². The Hall–Kier alpha value is 0.470. The second-order valence-electron chi connectivity index (χ2n) is 1.94. The van der Waals surface area contributed by atoms with Gasteiger partial charge in [-0.2, -0.15) is 0 Å². The summed E-state index contributed by atoms with van der Waals surface area (Å²) < 4.78 is 0. The smallest absolute Gasteiger partial charge is 0.0944 e. The summed E-state index contributed by atoms with van der Waals surface area (Å²) in [5, 5.41) is 0.201. The van der Waals surface area contributed by atoms with Crippen LogP contribution in [0.15, 0.2) is 0 Å². The van der Waals surface area contributed by atoms with Crippen molar-refractivity contribution in [2.45, 2.75) is 0 Å². The number of rotatable bonds is 0. The van der Waals surface area contributed by atoms with Crippen LogP contribution in [0.25, 0.3) is 0 Å². The van der Waals surface area contributed by atoms with Crippen LogP contribution in [0.1, 0.15) is 0 Å². The minimum absolute atomic E-state index is 0.0102. The second kappa shape index (κ2) is 3.69. The molecule has 12 heavy (non-hydrogen) atoms. The van der Waals surface area contributed by atoms with E-state index in [1.165, 1.54) is 0 Å². The van der Waals surface area contributed by atoms with Crippen LogP contribution in [0.2, 0.25) is 25.1 Å². The Kier molecular flexibility index (Phi) is 3.24. The number of nitrogens with one attached hydrogen (secondary N) is 1. The van der Waals surface area contributed by atoms with Crippen LogP contribution in [-0.2, 0) is 0 Å². The van der Waals surface area contributed by atoms with Crippen molar-refractivity contribution in [2.75, 3.05) is 0 Å². The second-order valence-corrected chi connectivity index (χ2v) is 3.83. The normalized spacial score (nSPS) is 10.4. The molecule has 0 aromatic heterocycles. The van der Waals surface area contributed by atoms with E-state index in [-0.39, 0.29) is 30.8 Å². The molecule has 0 aliphatic heterocycles. The topological polar surface area (TPSA) is 23.8 Å². The summed E-state index contributed by atoms with van der Waals surface area (Å²) in [5.41, 5.74) is 7.22. The highest BCUT2D eigenvalue weighted by atomic mass is 35.5. The molecular formula is C6HCl5N. The summed E-state index contributed by atoms with van der Waals surface area (Å²) in [6.07, 6.45) is 0. The molecule has 6 heteroatoms. The maximum absolute atomic E-state index is 7.33. The summed E-state index contributed by atoms with van der Waals surface area (Å²) >= 11 is 28.1. The lowest BCUT2D eigenvalue weighted by molar-refractivity contribution is 1.48. The molecule has 0 heterocycles. The van der Waals surface area contributed by atoms with Crippen molar-refractivity contribution in [3.05, 3.63) is 25.1 Å². The highest BCUT2D eigenvalue weighted by Crippen LogP contribution is 2.45. The van der Waals surface area contributed by atoms with Crippen LogP contribution in [-0.4, -0.2) is 0 Å². The number of benzene rings is 1. The zero-order valence-corrected chi connectivity index (χ0v) is 9.17. The van der Waals surface area contributed by atoms with Crippen LogP contribution in [0, 0.1) is 0 Å². The van der Waals surface area contributed by atoms with E-state index in [0.717, 1.165) is 0 Å². The van der Waals surface area contributed by atoms with Gasteiger partial charge >= 0.3 is 0 Å². The highest BCUT2D eigenvalue weighted by molar-refractivity contribution is 6.56. The first-order chi connectivity index (χ1) is 5.46. The third kappa shape index (κ3) is 1.57. The van der Waals surface area contributed by atoms with Gasteiger partial charge in [0.05, 0.1) is 30.8 Å². The SMILES string of the molecule is [NH]c1c(Cl)c(Cl)c(Cl)c(Cl)c1Cl. The van der Waals surface area contributed by atoms with Crippen molar-refractivity contribution in [3.8, 4) is 0 Å². The van der Waals surface area contributed by atoms with Crippen molar-refractivity contribution in [1.29, 1.82) is 0 Å². The summed E-state index contributed by atoms with van der Waals surface area (Å²) in [5.74, 6) is 0. The summed E-state index contributed by atoms with van der Waals surface area (Å²) in [4.78, 5) is 0. The van der Waals surface area contributed by atoms with Gasteiger partial charge in [-0.25, -0.2) is 0 Å². The third-order valence-electron chi connectivity index (χ3n) is 1.21. The fraction of sp³-hybridized carbons (Fsp3) is 0. The first-order valence-electron chi connectivity index (χ1n) is 2.69. The van der Waals surface area contributed by atoms with Crippen molar-refractivity contribution in [1.82, 2.24) is 5.73 Å². The van der Waals surface area contributed by atoms with Crippen LogP contribution >= 0.6 is 58.0 Å². The predicted molar refractivity (Wildman–Crippen MR) is 54.2 cm³/mol. The lowest BCUT2D eigenvalue weighted by atomic mass is 10.3. The van der Waals surface area contributed by atoms with Crippen LogP contribution in [0.3, 0.4) is 0 Å². The van der Waals surface area contributed by atoms with E-state index in [4.69, 9.17) is 63.7 Å². The van der Waals surface area contributed by atoms with Gasteiger partial charge in [0.15, 0.2) is 0 Å². The Balaban J connectivity index is 3.60. The molecule has 65 valence electrons. The largest absolute Gasteiger partial charge is 0.298 e. The molecule has 1 aromatic carbocycles. The van der Waals surface area contributed by atoms with Crippen LogP contribution in [0.5, 0.6) is 0 Å². The summed E-state index contributed by atoms with van der Waals surface area (Å²) in [7, 11) is 0. The lowest BCUT2D eigenvalue weighted by Gasteiger charge is -2.06. The Bertz CT molecular complexity index is 230. The molecule has 1 aromatic rings. The Morgan fingerprint density at radius 2 is 0.833 bits per heavy atom. The molecule has 0 fully saturated rings. The van der Waals surface area contributed by atoms with Gasteiger partial charge < -0.3 is 0 Å². The number of hydrogen-bond donors (Lipinski definition) is 0. The molecule has 1 N–H and O–H groups in total. The van der Waals surface area contributed by atoms with E-state index >= 15 is 0 Å². The van der Waals surface area contributed by atoms with E-state index in [1.807, 2.05) is 0 Å². The zero-order valence-electron chi connectivity index (χ0n) is 5.39. The Labute approximate surface area is 94.3 Å². The lowest BCUT2D eigenvalue weighted by Crippen LogP contribution is -1.81. The van der Waals surface area contributed by atoms with Crippen molar-refractivity contribution < 1.29 is 0 Å². The van der Waals surface area contributed by atoms with Crippen molar-refractivity contribution >= 4 is 63.7 Å². The number of hydrogen-bond acceptors (Lipinski definition) is 0. The number of halogens is 5. The van der Waals surface area contributed by atoms with Crippen molar-refractivity contribution in [2.24, 2.45) is 0 Å². The van der Waals surface area contributed by atoms with E-state index in [1.54, 1.807) is 0 Å². The zero-order chi connectivity index (χ0) is 9.46.